The van der Waals surface area contributed by atoms with E-state index in [4.69, 9.17) is 0 Å². The normalized spacial score (nSPS) is 13.2. The van der Waals surface area contributed by atoms with E-state index in [9.17, 15) is 0 Å². The average molecular weight is 295 g/mol. The molecule has 0 N–H and O–H groups in total. The molecular weight excluding hydrogens is 278 g/mol. The minimum atomic E-state index is 1.00. The monoisotopic (exact) mass is 295 g/mol. The third kappa shape index (κ3) is 1.86. The number of rotatable bonds is 0. The number of hydrogen-bond acceptors (Lipinski definition) is 1. The summed E-state index contributed by atoms with van der Waals surface area (Å²) in [4.78, 5) is 2.34. The topological polar surface area (TPSA) is 3.24 Å². The Morgan fingerprint density at radius 1 is 0.609 bits per heavy atom. The summed E-state index contributed by atoms with van der Waals surface area (Å²) in [5.74, 6) is 0. The van der Waals surface area contributed by atoms with E-state index in [0.717, 1.165) is 6.42 Å². The maximum absolute atomic E-state index is 2.35. The van der Waals surface area contributed by atoms with Gasteiger partial charge in [-0.15, -0.1) is 0 Å². The van der Waals surface area contributed by atoms with Gasteiger partial charge in [0.2, 0.25) is 0 Å². The highest BCUT2D eigenvalue weighted by Crippen LogP contribution is 2.41. The van der Waals surface area contributed by atoms with Crippen molar-refractivity contribution in [3.05, 3.63) is 83.9 Å². The van der Waals surface area contributed by atoms with Crippen molar-refractivity contribution in [3.8, 4) is 0 Å². The Balaban J connectivity index is 1.76. The second-order valence-electron chi connectivity index (χ2n) is 6.39. The predicted molar refractivity (Wildman–Crippen MR) is 98.8 cm³/mol. The van der Waals surface area contributed by atoms with Gasteiger partial charge < -0.3 is 4.90 Å². The standard InChI is InChI=1S/C22H17N/c1-23-21-13-17-8-4-2-6-15(17)10-19(21)12-20-11-16-7-3-5-9-18(16)14-22(20)23/h2-11,13-14H,12H2,1H3. The summed E-state index contributed by atoms with van der Waals surface area (Å²) >= 11 is 0. The van der Waals surface area contributed by atoms with E-state index in [1.165, 1.54) is 44.0 Å². The molecule has 0 atom stereocenters. The molecule has 0 aliphatic carbocycles. The van der Waals surface area contributed by atoms with Crippen LogP contribution in [0, 0.1) is 0 Å². The van der Waals surface area contributed by atoms with Crippen molar-refractivity contribution in [1.82, 2.24) is 0 Å². The fourth-order valence-electron chi connectivity index (χ4n) is 3.79. The molecule has 23 heavy (non-hydrogen) atoms. The second kappa shape index (κ2) is 4.60. The van der Waals surface area contributed by atoms with E-state index in [1.54, 1.807) is 0 Å². The lowest BCUT2D eigenvalue weighted by molar-refractivity contribution is 1.06. The van der Waals surface area contributed by atoms with Crippen LogP contribution in [0.15, 0.2) is 72.8 Å². The highest BCUT2D eigenvalue weighted by Gasteiger charge is 2.20. The minimum Gasteiger partial charge on any atom is -0.344 e. The molecule has 1 heteroatoms. The Hall–Kier alpha value is -2.80. The van der Waals surface area contributed by atoms with Gasteiger partial charge in [-0.1, -0.05) is 48.5 Å². The molecule has 4 aromatic rings. The van der Waals surface area contributed by atoms with Crippen LogP contribution >= 0.6 is 0 Å². The number of nitrogens with zero attached hydrogens (tertiary/aromatic N) is 1. The molecule has 4 aromatic carbocycles. The van der Waals surface area contributed by atoms with Gasteiger partial charge in [-0.25, -0.2) is 0 Å². The molecule has 0 amide bonds. The van der Waals surface area contributed by atoms with Crippen LogP contribution in [0.3, 0.4) is 0 Å². The van der Waals surface area contributed by atoms with Crippen LogP contribution in [-0.2, 0) is 6.42 Å². The number of anilines is 2. The van der Waals surface area contributed by atoms with Gasteiger partial charge in [0, 0.05) is 24.8 Å². The lowest BCUT2D eigenvalue weighted by atomic mass is 9.92. The summed E-state index contributed by atoms with van der Waals surface area (Å²) in [5.41, 5.74) is 5.47. The van der Waals surface area contributed by atoms with Crippen molar-refractivity contribution in [2.75, 3.05) is 11.9 Å². The lowest BCUT2D eigenvalue weighted by Gasteiger charge is -2.31. The Morgan fingerprint density at radius 3 is 1.43 bits per heavy atom. The van der Waals surface area contributed by atoms with Crippen molar-refractivity contribution in [2.24, 2.45) is 0 Å². The van der Waals surface area contributed by atoms with Crippen molar-refractivity contribution in [3.63, 3.8) is 0 Å². The first-order valence-electron chi connectivity index (χ1n) is 8.07. The zero-order valence-corrected chi connectivity index (χ0v) is 13.1. The third-order valence-electron chi connectivity index (χ3n) is 5.00. The van der Waals surface area contributed by atoms with Crippen LogP contribution in [0.2, 0.25) is 0 Å². The molecule has 1 aliphatic rings. The molecule has 0 fully saturated rings. The van der Waals surface area contributed by atoms with Crippen LogP contribution in [0.25, 0.3) is 21.5 Å². The molecule has 0 aromatic heterocycles. The molecule has 0 unspecified atom stereocenters. The summed E-state index contributed by atoms with van der Waals surface area (Å²) in [5, 5.41) is 5.26. The molecule has 1 aliphatic heterocycles. The van der Waals surface area contributed by atoms with Gasteiger partial charge in [0.15, 0.2) is 0 Å². The fraction of sp³-hybridized carbons (Fsp3) is 0.0909. The van der Waals surface area contributed by atoms with Crippen LogP contribution < -0.4 is 4.90 Å². The molecule has 110 valence electrons. The summed E-state index contributed by atoms with van der Waals surface area (Å²) in [6, 6.07) is 26.6. The second-order valence-corrected chi connectivity index (χ2v) is 6.39. The number of hydrogen-bond donors (Lipinski definition) is 0. The molecule has 0 saturated carbocycles. The molecule has 0 bridgehead atoms. The van der Waals surface area contributed by atoms with Gasteiger partial charge >= 0.3 is 0 Å². The minimum absolute atomic E-state index is 1.00. The first kappa shape index (κ1) is 12.7. The van der Waals surface area contributed by atoms with Gasteiger partial charge in [-0.05, 0) is 56.9 Å². The third-order valence-corrected chi connectivity index (χ3v) is 5.00. The predicted octanol–water partition coefficient (Wildman–Crippen LogP) is 5.67. The van der Waals surface area contributed by atoms with Crippen LogP contribution in [-0.4, -0.2) is 7.05 Å². The van der Waals surface area contributed by atoms with Crippen LogP contribution in [0.4, 0.5) is 11.4 Å². The lowest BCUT2D eigenvalue weighted by Crippen LogP contribution is -2.18. The Kier molecular flexibility index (Phi) is 2.54. The van der Waals surface area contributed by atoms with Crippen LogP contribution in [0.5, 0.6) is 0 Å². The first-order chi connectivity index (χ1) is 11.3. The van der Waals surface area contributed by atoms with Crippen molar-refractivity contribution >= 4 is 32.9 Å². The van der Waals surface area contributed by atoms with E-state index in [0.29, 0.717) is 0 Å². The molecule has 5 rings (SSSR count). The van der Waals surface area contributed by atoms with Gasteiger partial charge in [0.1, 0.15) is 0 Å². The van der Waals surface area contributed by atoms with E-state index < -0.39 is 0 Å². The van der Waals surface area contributed by atoms with Gasteiger partial charge in [0.25, 0.3) is 0 Å². The summed E-state index contributed by atoms with van der Waals surface area (Å²) < 4.78 is 0. The maximum Gasteiger partial charge on any atom is 0.0450 e. The first-order valence-corrected chi connectivity index (χ1v) is 8.07. The smallest absolute Gasteiger partial charge is 0.0450 e. The van der Waals surface area contributed by atoms with E-state index >= 15 is 0 Å². The fourth-order valence-corrected chi connectivity index (χ4v) is 3.79. The Bertz CT molecular complexity index is 977. The van der Waals surface area contributed by atoms with Crippen molar-refractivity contribution in [2.45, 2.75) is 6.42 Å². The highest BCUT2D eigenvalue weighted by molar-refractivity contribution is 5.94. The van der Waals surface area contributed by atoms with E-state index in [1.807, 2.05) is 0 Å². The number of benzene rings is 4. The van der Waals surface area contributed by atoms with Gasteiger partial charge in [0.05, 0.1) is 0 Å². The summed E-state index contributed by atoms with van der Waals surface area (Å²) in [6.07, 6.45) is 1.00. The Labute approximate surface area is 135 Å². The SMILES string of the molecule is CN1c2cc3ccccc3cc2Cc2cc3ccccc3cc21. The van der Waals surface area contributed by atoms with E-state index in [2.05, 4.69) is 84.7 Å². The summed E-state index contributed by atoms with van der Waals surface area (Å²) in [6.45, 7) is 0. The largest absolute Gasteiger partial charge is 0.344 e. The molecule has 0 radical (unpaired) electrons. The van der Waals surface area contributed by atoms with Crippen molar-refractivity contribution in [1.29, 1.82) is 0 Å². The zero-order chi connectivity index (χ0) is 15.4. The molecule has 0 spiro atoms. The van der Waals surface area contributed by atoms with E-state index in [-0.39, 0.29) is 0 Å². The highest BCUT2D eigenvalue weighted by atomic mass is 15.1. The number of fused-ring (bicyclic) bond motifs is 4. The summed E-state index contributed by atoms with van der Waals surface area (Å²) in [7, 11) is 2.18. The molecule has 1 heterocycles. The molecule has 0 saturated heterocycles. The molecular formula is C22H17N. The van der Waals surface area contributed by atoms with Crippen LogP contribution in [0.1, 0.15) is 11.1 Å². The zero-order valence-electron chi connectivity index (χ0n) is 13.1. The maximum atomic E-state index is 2.35. The van der Waals surface area contributed by atoms with Gasteiger partial charge in [-0.3, -0.25) is 0 Å². The van der Waals surface area contributed by atoms with Crippen molar-refractivity contribution < 1.29 is 0 Å². The Morgan fingerprint density at radius 2 is 1.00 bits per heavy atom. The quantitative estimate of drug-likeness (QED) is 0.404. The molecule has 1 nitrogen and oxygen atoms in total. The average Bonchev–Trinajstić information content (AvgIpc) is 2.59. The van der Waals surface area contributed by atoms with Gasteiger partial charge in [-0.2, -0.15) is 0 Å².